The highest BCUT2D eigenvalue weighted by Gasteiger charge is 2.21. The number of nitrogens with one attached hydrogen (secondary N) is 2. The van der Waals surface area contributed by atoms with Gasteiger partial charge in [0.05, 0.1) is 32.4 Å². The van der Waals surface area contributed by atoms with E-state index < -0.39 is 0 Å². The molecule has 3 rings (SSSR count). The molecule has 0 aliphatic carbocycles. The van der Waals surface area contributed by atoms with Crippen LogP contribution in [0.2, 0.25) is 0 Å². The predicted octanol–water partition coefficient (Wildman–Crippen LogP) is 6.59. The third-order valence-electron chi connectivity index (χ3n) is 6.76. The van der Waals surface area contributed by atoms with Crippen LogP contribution in [-0.2, 0) is 6.54 Å². The second kappa shape index (κ2) is 14.6. The number of ether oxygens (including phenoxy) is 3. The van der Waals surface area contributed by atoms with Crippen LogP contribution in [0.15, 0.2) is 30.3 Å². The monoisotopic (exact) mass is 581 g/mol. The Morgan fingerprint density at radius 3 is 2.10 bits per heavy atom. The van der Waals surface area contributed by atoms with Crippen LogP contribution in [0, 0.1) is 17.3 Å². The molecule has 0 spiro atoms. The van der Waals surface area contributed by atoms with Crippen molar-refractivity contribution in [2.75, 3.05) is 52.8 Å². The Morgan fingerprint density at radius 2 is 1.57 bits per heavy atom. The van der Waals surface area contributed by atoms with Crippen LogP contribution in [0.1, 0.15) is 65.2 Å². The lowest BCUT2D eigenvalue weighted by molar-refractivity contribution is 0.0715. The van der Waals surface area contributed by atoms with Crippen molar-refractivity contribution >= 4 is 28.6 Å². The molecule has 0 aliphatic rings. The second-order valence-electron chi connectivity index (χ2n) is 12.9. The van der Waals surface area contributed by atoms with Crippen LogP contribution >= 0.6 is 0 Å². The Morgan fingerprint density at radius 1 is 0.952 bits per heavy atom. The van der Waals surface area contributed by atoms with Gasteiger partial charge >= 0.3 is 0 Å². The number of carbonyl (C=O) groups excluding carboxylic acids is 1. The van der Waals surface area contributed by atoms with Crippen molar-refractivity contribution in [2.45, 2.75) is 61.4 Å². The van der Waals surface area contributed by atoms with Gasteiger partial charge in [-0.3, -0.25) is 4.79 Å². The largest absolute Gasteiger partial charge is 0.493 e. The van der Waals surface area contributed by atoms with E-state index in [1.54, 1.807) is 21.3 Å². The number of aryl methyl sites for hydroxylation is 1. The molecular formula is C33H51N5O4. The predicted molar refractivity (Wildman–Crippen MR) is 172 cm³/mol. The minimum atomic E-state index is 0.0537. The number of hydrogen-bond donors (Lipinski definition) is 2. The number of amides is 1. The molecule has 9 nitrogen and oxygen atoms in total. The van der Waals surface area contributed by atoms with E-state index >= 15 is 0 Å². The molecule has 1 amide bonds. The topological polar surface area (TPSA) is 89.9 Å². The summed E-state index contributed by atoms with van der Waals surface area (Å²) in [5.41, 5.74) is 3.39. The minimum absolute atomic E-state index is 0.0537. The van der Waals surface area contributed by atoms with Crippen molar-refractivity contribution in [1.29, 1.82) is 0 Å². The second-order valence-corrected chi connectivity index (χ2v) is 12.9. The number of benzene rings is 2. The van der Waals surface area contributed by atoms with Gasteiger partial charge in [-0.2, -0.15) is 0 Å². The van der Waals surface area contributed by atoms with Crippen LogP contribution < -0.4 is 24.8 Å². The standard InChI is InChI=1S/C33H51N5O4/c1-22(2)19-37(20-23(3)4)31(39)24-12-13-26-27(16-24)38(15-11-14-34-21-33(5,6)7)32(36-26)35-25-17-28(40-8)30(42-10)29(18-25)41-9/h12-13,16-18,22-23,34H,11,14-15,19-21H2,1-10H3,(H,35,36). The van der Waals surface area contributed by atoms with Gasteiger partial charge in [0.2, 0.25) is 11.7 Å². The van der Waals surface area contributed by atoms with Crippen LogP contribution in [0.5, 0.6) is 17.2 Å². The van der Waals surface area contributed by atoms with E-state index in [2.05, 4.69) is 63.7 Å². The average Bonchev–Trinajstić information content (AvgIpc) is 3.26. The molecule has 0 saturated carbocycles. The number of carbonyl (C=O) groups is 1. The maximum atomic E-state index is 13.7. The molecule has 3 aromatic rings. The molecule has 0 saturated heterocycles. The Balaban J connectivity index is 2.01. The Labute approximate surface area is 251 Å². The van der Waals surface area contributed by atoms with Gasteiger partial charge in [0.15, 0.2) is 11.5 Å². The molecule has 42 heavy (non-hydrogen) atoms. The summed E-state index contributed by atoms with van der Waals surface area (Å²) in [6, 6.07) is 9.55. The number of anilines is 2. The summed E-state index contributed by atoms with van der Waals surface area (Å²) in [6.07, 6.45) is 0.899. The zero-order chi connectivity index (χ0) is 31.0. The molecule has 0 fully saturated rings. The molecule has 0 aliphatic heterocycles. The smallest absolute Gasteiger partial charge is 0.253 e. The number of hydrogen-bond acceptors (Lipinski definition) is 7. The first-order valence-corrected chi connectivity index (χ1v) is 14.9. The third kappa shape index (κ3) is 8.77. The fraction of sp³-hybridized carbons (Fsp3) is 0.576. The van der Waals surface area contributed by atoms with E-state index in [0.29, 0.717) is 40.6 Å². The molecule has 0 radical (unpaired) electrons. The highest BCUT2D eigenvalue weighted by molar-refractivity contribution is 5.98. The van der Waals surface area contributed by atoms with E-state index in [1.807, 2.05) is 35.2 Å². The van der Waals surface area contributed by atoms with Gasteiger partial charge in [0, 0.05) is 43.0 Å². The van der Waals surface area contributed by atoms with Crippen LogP contribution in [0.3, 0.4) is 0 Å². The van der Waals surface area contributed by atoms with Crippen molar-refractivity contribution < 1.29 is 19.0 Å². The molecule has 9 heteroatoms. The van der Waals surface area contributed by atoms with Gasteiger partial charge in [-0.05, 0) is 55.0 Å². The third-order valence-corrected chi connectivity index (χ3v) is 6.76. The van der Waals surface area contributed by atoms with Crippen molar-refractivity contribution in [2.24, 2.45) is 17.3 Å². The lowest BCUT2D eigenvalue weighted by Gasteiger charge is -2.26. The zero-order valence-corrected chi connectivity index (χ0v) is 27.3. The summed E-state index contributed by atoms with van der Waals surface area (Å²) in [5, 5.41) is 7.04. The van der Waals surface area contributed by atoms with E-state index in [1.165, 1.54) is 0 Å². The summed E-state index contributed by atoms with van der Waals surface area (Å²) >= 11 is 0. The molecule has 1 aromatic heterocycles. The van der Waals surface area contributed by atoms with E-state index in [0.717, 1.165) is 55.9 Å². The van der Waals surface area contributed by atoms with Gasteiger partial charge in [0.1, 0.15) is 0 Å². The molecule has 232 valence electrons. The quantitative estimate of drug-likeness (QED) is 0.196. The molecule has 2 aromatic carbocycles. The summed E-state index contributed by atoms with van der Waals surface area (Å²) in [7, 11) is 4.78. The zero-order valence-electron chi connectivity index (χ0n) is 27.3. The van der Waals surface area contributed by atoms with Gasteiger partial charge in [0.25, 0.3) is 5.91 Å². The molecule has 2 N–H and O–H groups in total. The number of fused-ring (bicyclic) bond motifs is 1. The minimum Gasteiger partial charge on any atom is -0.493 e. The average molecular weight is 582 g/mol. The Bertz CT molecular complexity index is 1290. The fourth-order valence-corrected chi connectivity index (χ4v) is 4.99. The lowest BCUT2D eigenvalue weighted by atomic mass is 9.97. The van der Waals surface area contributed by atoms with Gasteiger partial charge in [-0.1, -0.05) is 48.5 Å². The number of nitrogens with zero attached hydrogens (tertiary/aromatic N) is 3. The molecular weight excluding hydrogens is 530 g/mol. The lowest BCUT2D eigenvalue weighted by Crippen LogP contribution is -2.37. The van der Waals surface area contributed by atoms with Crippen molar-refractivity contribution in [3.8, 4) is 17.2 Å². The molecule has 0 atom stereocenters. The van der Waals surface area contributed by atoms with E-state index in [-0.39, 0.29) is 11.3 Å². The van der Waals surface area contributed by atoms with Crippen LogP contribution in [0.4, 0.5) is 11.6 Å². The van der Waals surface area contributed by atoms with Gasteiger partial charge in [-0.15, -0.1) is 0 Å². The van der Waals surface area contributed by atoms with Crippen LogP contribution in [0.25, 0.3) is 11.0 Å². The van der Waals surface area contributed by atoms with Crippen LogP contribution in [-0.4, -0.2) is 67.9 Å². The van der Waals surface area contributed by atoms with Crippen molar-refractivity contribution in [1.82, 2.24) is 19.8 Å². The Hall–Kier alpha value is -3.46. The van der Waals surface area contributed by atoms with Gasteiger partial charge < -0.3 is 34.3 Å². The van der Waals surface area contributed by atoms with Crippen molar-refractivity contribution in [3.05, 3.63) is 35.9 Å². The number of methoxy groups -OCH3 is 3. The SMILES string of the molecule is COc1cc(Nc2nc3ccc(C(=O)N(CC(C)C)CC(C)C)cc3n2CCCNCC(C)(C)C)cc(OC)c1OC. The van der Waals surface area contributed by atoms with E-state index in [4.69, 9.17) is 19.2 Å². The number of aromatic nitrogens is 2. The maximum absolute atomic E-state index is 13.7. The van der Waals surface area contributed by atoms with Crippen molar-refractivity contribution in [3.63, 3.8) is 0 Å². The first-order chi connectivity index (χ1) is 19.9. The maximum Gasteiger partial charge on any atom is 0.253 e. The highest BCUT2D eigenvalue weighted by atomic mass is 16.5. The first kappa shape index (κ1) is 33.0. The molecule has 1 heterocycles. The summed E-state index contributed by atoms with van der Waals surface area (Å²) in [5.74, 6) is 3.14. The molecule has 0 unspecified atom stereocenters. The van der Waals surface area contributed by atoms with E-state index in [9.17, 15) is 4.79 Å². The highest BCUT2D eigenvalue weighted by Crippen LogP contribution is 2.40. The summed E-state index contributed by atoms with van der Waals surface area (Å²) in [4.78, 5) is 20.6. The first-order valence-electron chi connectivity index (χ1n) is 14.9. The normalized spacial score (nSPS) is 11.8. The summed E-state index contributed by atoms with van der Waals surface area (Å²) in [6.45, 7) is 19.2. The van der Waals surface area contributed by atoms with Gasteiger partial charge in [-0.25, -0.2) is 4.98 Å². The molecule has 0 bridgehead atoms. The Kier molecular flexibility index (Phi) is 11.5. The fourth-order valence-electron chi connectivity index (χ4n) is 4.99. The number of rotatable bonds is 15. The number of imidazole rings is 1. The summed E-state index contributed by atoms with van der Waals surface area (Å²) < 4.78 is 18.8.